The first-order valence-electron chi connectivity index (χ1n) is 13.1. The van der Waals surface area contributed by atoms with E-state index in [0.717, 1.165) is 12.8 Å². The summed E-state index contributed by atoms with van der Waals surface area (Å²) in [5.41, 5.74) is -0.966. The minimum atomic E-state index is -0.912. The maximum atomic E-state index is 13.0. The number of para-hydroxylation sites is 1. The van der Waals surface area contributed by atoms with Crippen molar-refractivity contribution >= 4 is 30.8 Å². The van der Waals surface area contributed by atoms with Crippen molar-refractivity contribution in [1.82, 2.24) is 0 Å². The molecule has 7 nitrogen and oxygen atoms in total. The molecule has 5 rings (SSSR count). The molecule has 1 saturated heterocycles. The topological polar surface area (TPSA) is 80.3 Å². The molecule has 0 aromatic heterocycles. The average Bonchev–Trinajstić information content (AvgIpc) is 3.09. The van der Waals surface area contributed by atoms with Gasteiger partial charge in [0.15, 0.2) is 5.75 Å². The van der Waals surface area contributed by atoms with Gasteiger partial charge in [-0.1, -0.05) is 26.0 Å². The van der Waals surface area contributed by atoms with Crippen molar-refractivity contribution in [3.8, 4) is 5.75 Å². The van der Waals surface area contributed by atoms with E-state index in [0.29, 0.717) is 17.4 Å². The number of rotatable bonds is 5. The number of hydrogen-bond donors (Lipinski definition) is 0. The highest BCUT2D eigenvalue weighted by Gasteiger charge is 2.68. The summed E-state index contributed by atoms with van der Waals surface area (Å²) in [5, 5.41) is -0.572. The van der Waals surface area contributed by atoms with Gasteiger partial charge in [-0.05, 0) is 96.6 Å². The zero-order valence-corrected chi connectivity index (χ0v) is 24.2. The second kappa shape index (κ2) is 9.46. The van der Waals surface area contributed by atoms with E-state index in [1.165, 1.54) is 0 Å². The van der Waals surface area contributed by atoms with E-state index in [2.05, 4.69) is 20.8 Å². The van der Waals surface area contributed by atoms with Crippen molar-refractivity contribution in [2.45, 2.75) is 110 Å². The van der Waals surface area contributed by atoms with Crippen LogP contribution >= 0.6 is 11.6 Å². The van der Waals surface area contributed by atoms with Crippen LogP contribution in [0.25, 0.3) is 0 Å². The quantitative estimate of drug-likeness (QED) is 0.188. The molecule has 0 amide bonds. The highest BCUT2D eigenvalue weighted by molar-refractivity contribution is 6.60. The molecule has 4 aliphatic rings. The van der Waals surface area contributed by atoms with E-state index in [-0.39, 0.29) is 34.9 Å². The Balaban J connectivity index is 1.57. The van der Waals surface area contributed by atoms with Crippen LogP contribution in [-0.4, -0.2) is 47.4 Å². The normalized spacial score (nSPS) is 29.1. The Morgan fingerprint density at radius 1 is 1.08 bits per heavy atom. The van der Waals surface area contributed by atoms with Crippen LogP contribution in [0.4, 0.5) is 4.79 Å². The fourth-order valence-corrected chi connectivity index (χ4v) is 6.35. The Morgan fingerprint density at radius 3 is 2.32 bits per heavy atom. The van der Waals surface area contributed by atoms with Crippen LogP contribution in [0.5, 0.6) is 5.75 Å². The SMILES string of the molecule is CC(C)(C)OC(=O)Oc1c(C[C@@H](Cl)B2OC3C[C@@H]4C[C@@H](C4(C)C)[C@]3(C)O2)cccc1C(=O)OC(C)(C)C. The van der Waals surface area contributed by atoms with Gasteiger partial charge in [0, 0.05) is 0 Å². The average molecular weight is 535 g/mol. The van der Waals surface area contributed by atoms with Crippen molar-refractivity contribution in [1.29, 1.82) is 0 Å². The van der Waals surface area contributed by atoms with Gasteiger partial charge in [-0.15, -0.1) is 11.6 Å². The summed E-state index contributed by atoms with van der Waals surface area (Å²) in [6.45, 7) is 17.3. The Labute approximate surface area is 226 Å². The van der Waals surface area contributed by atoms with Gasteiger partial charge in [-0.3, -0.25) is 0 Å². The number of esters is 1. The van der Waals surface area contributed by atoms with Crippen LogP contribution in [0.1, 0.15) is 91.1 Å². The van der Waals surface area contributed by atoms with Crippen molar-refractivity contribution in [3.05, 3.63) is 29.3 Å². The van der Waals surface area contributed by atoms with E-state index in [1.54, 1.807) is 59.7 Å². The van der Waals surface area contributed by atoms with Gasteiger partial charge < -0.3 is 23.5 Å². The summed E-state index contributed by atoms with van der Waals surface area (Å²) >= 11 is 6.90. The van der Waals surface area contributed by atoms with E-state index in [9.17, 15) is 9.59 Å². The predicted octanol–water partition coefficient (Wildman–Crippen LogP) is 6.37. The summed E-state index contributed by atoms with van der Waals surface area (Å²) < 4.78 is 29.4. The van der Waals surface area contributed by atoms with Crippen molar-refractivity contribution < 1.29 is 33.1 Å². The fourth-order valence-electron chi connectivity index (χ4n) is 6.07. The molecular weight excluding hydrogens is 495 g/mol. The molecule has 0 radical (unpaired) electrons. The van der Waals surface area contributed by atoms with Crippen LogP contribution in [0.3, 0.4) is 0 Å². The smallest absolute Gasteiger partial charge is 0.456 e. The number of carbonyl (C=O) groups is 2. The van der Waals surface area contributed by atoms with Crippen LogP contribution in [0, 0.1) is 17.3 Å². The predicted molar refractivity (Wildman–Crippen MR) is 142 cm³/mol. The van der Waals surface area contributed by atoms with Gasteiger partial charge >= 0.3 is 19.2 Å². The molecule has 4 fully saturated rings. The molecule has 0 N–H and O–H groups in total. The van der Waals surface area contributed by atoms with Gasteiger partial charge in [0.1, 0.15) is 16.8 Å². The highest BCUT2D eigenvalue weighted by atomic mass is 35.5. The summed E-state index contributed by atoms with van der Waals surface area (Å²) in [6.07, 6.45) is 1.45. The number of ether oxygens (including phenoxy) is 3. The molecule has 204 valence electrons. The molecule has 5 atom stereocenters. The molecule has 1 aliphatic heterocycles. The number of alkyl halides is 1. The molecule has 1 heterocycles. The van der Waals surface area contributed by atoms with Crippen LogP contribution < -0.4 is 4.74 Å². The zero-order chi connectivity index (χ0) is 27.6. The van der Waals surface area contributed by atoms with E-state index >= 15 is 0 Å². The molecule has 0 spiro atoms. The third-order valence-electron chi connectivity index (χ3n) is 7.97. The third kappa shape index (κ3) is 5.67. The van der Waals surface area contributed by atoms with Crippen LogP contribution in [-0.2, 0) is 25.2 Å². The molecule has 3 saturated carbocycles. The maximum Gasteiger partial charge on any atom is 0.514 e. The number of carbonyl (C=O) groups excluding carboxylic acids is 2. The van der Waals surface area contributed by atoms with Crippen LogP contribution in [0.15, 0.2) is 18.2 Å². The van der Waals surface area contributed by atoms with Gasteiger partial charge in [0.25, 0.3) is 0 Å². The summed E-state index contributed by atoms with van der Waals surface area (Å²) in [5.74, 6) is 0.514. The first-order chi connectivity index (χ1) is 16.9. The van der Waals surface area contributed by atoms with Gasteiger partial charge in [-0.2, -0.15) is 0 Å². The second-order valence-electron chi connectivity index (χ2n) is 13.4. The van der Waals surface area contributed by atoms with Gasteiger partial charge in [0.2, 0.25) is 0 Å². The van der Waals surface area contributed by atoms with Gasteiger partial charge in [-0.25, -0.2) is 9.59 Å². The Hall–Kier alpha value is -1.77. The largest absolute Gasteiger partial charge is 0.514 e. The lowest BCUT2D eigenvalue weighted by molar-refractivity contribution is -0.199. The first kappa shape index (κ1) is 28.2. The van der Waals surface area contributed by atoms with Crippen molar-refractivity contribution in [2.24, 2.45) is 17.3 Å². The lowest BCUT2D eigenvalue weighted by Crippen LogP contribution is -2.65. The first-order valence-corrected chi connectivity index (χ1v) is 13.6. The molecule has 37 heavy (non-hydrogen) atoms. The monoisotopic (exact) mass is 534 g/mol. The minimum absolute atomic E-state index is 0.00102. The summed E-state index contributed by atoms with van der Waals surface area (Å²) in [4.78, 5) is 25.6. The number of hydrogen-bond acceptors (Lipinski definition) is 7. The Kier molecular flexibility index (Phi) is 7.22. The number of halogens is 1. The molecule has 1 aromatic rings. The van der Waals surface area contributed by atoms with Crippen molar-refractivity contribution in [3.63, 3.8) is 0 Å². The van der Waals surface area contributed by atoms with E-state index in [1.807, 2.05) is 0 Å². The van der Waals surface area contributed by atoms with Gasteiger partial charge in [0.05, 0.1) is 17.0 Å². The molecule has 3 aliphatic carbocycles. The standard InChI is InChI=1S/C28H40BClO7/c1-25(2,3)34-23(31)18-12-10-11-16(22(18)33-24(32)35-26(4,5)6)13-21(30)29-36-20-15-17-14-19(27(17,7)8)28(20,9)37-29/h10-12,17,19-21H,13-15H2,1-9H3/t17-,19-,20?,21+,28-/m0/s1. The highest BCUT2D eigenvalue weighted by Crippen LogP contribution is 2.65. The maximum absolute atomic E-state index is 13.0. The lowest BCUT2D eigenvalue weighted by Gasteiger charge is -2.64. The second-order valence-corrected chi connectivity index (χ2v) is 14.0. The van der Waals surface area contributed by atoms with E-state index < -0.39 is 35.7 Å². The molecule has 9 heteroatoms. The Bertz CT molecular complexity index is 1060. The van der Waals surface area contributed by atoms with Crippen molar-refractivity contribution in [2.75, 3.05) is 0 Å². The third-order valence-corrected chi connectivity index (χ3v) is 8.33. The van der Waals surface area contributed by atoms with Crippen LogP contribution in [0.2, 0.25) is 0 Å². The summed E-state index contributed by atoms with van der Waals surface area (Å²) in [6, 6.07) is 5.05. The van der Waals surface area contributed by atoms with E-state index in [4.69, 9.17) is 35.1 Å². The molecule has 2 bridgehead atoms. The summed E-state index contributed by atoms with van der Waals surface area (Å²) in [7, 11) is -0.619. The zero-order valence-electron chi connectivity index (χ0n) is 23.5. The molecule has 1 unspecified atom stereocenters. The lowest BCUT2D eigenvalue weighted by atomic mass is 9.43. The number of benzene rings is 1. The fraction of sp³-hybridized carbons (Fsp3) is 0.714. The molecular formula is C28H40BClO7. The Morgan fingerprint density at radius 2 is 1.73 bits per heavy atom. The molecule has 1 aromatic carbocycles. The minimum Gasteiger partial charge on any atom is -0.456 e.